The predicted octanol–water partition coefficient (Wildman–Crippen LogP) is 0.965. The molecule has 7 nitrogen and oxygen atoms in total. The smallest absolute Gasteiger partial charge is 0.312 e. The zero-order valence-corrected chi connectivity index (χ0v) is 12.1. The molecule has 3 heterocycles. The van der Waals surface area contributed by atoms with Gasteiger partial charge in [-0.3, -0.25) is 14.3 Å². The fraction of sp³-hybridized carbons (Fsp3) is 0.267. The normalized spacial score (nSPS) is 14.3. The number of aromatic nitrogens is 4. The molecule has 0 atom stereocenters. The van der Waals surface area contributed by atoms with Gasteiger partial charge in [-0.15, -0.1) is 0 Å². The van der Waals surface area contributed by atoms with Gasteiger partial charge in [0.25, 0.3) is 5.56 Å². The van der Waals surface area contributed by atoms with E-state index < -0.39 is 5.69 Å². The predicted molar refractivity (Wildman–Crippen MR) is 83.7 cm³/mol. The highest BCUT2D eigenvalue weighted by atomic mass is 16.2. The molecule has 112 valence electrons. The van der Waals surface area contributed by atoms with E-state index in [1.54, 1.807) is 0 Å². The van der Waals surface area contributed by atoms with E-state index in [9.17, 15) is 9.59 Å². The number of fused-ring (bicyclic) bond motifs is 3. The van der Waals surface area contributed by atoms with Gasteiger partial charge in [-0.25, -0.2) is 4.79 Å². The number of para-hydroxylation sites is 1. The maximum absolute atomic E-state index is 12.4. The molecule has 0 fully saturated rings. The molecular weight excluding hydrogens is 282 g/mol. The number of hydrogen-bond donors (Lipinski definition) is 1. The van der Waals surface area contributed by atoms with Crippen LogP contribution in [0.2, 0.25) is 0 Å². The SMILES string of the molecule is Cn1c(=O)[nH]c2nc3n(c2c1=O)CCCN3c1ccccc1. The molecule has 0 saturated heterocycles. The Morgan fingerprint density at radius 3 is 2.68 bits per heavy atom. The van der Waals surface area contributed by atoms with Gasteiger partial charge < -0.3 is 9.47 Å². The molecular formula is C15H15N5O2. The summed E-state index contributed by atoms with van der Waals surface area (Å²) in [5.41, 5.74) is 1.08. The molecule has 0 radical (unpaired) electrons. The molecule has 2 aromatic heterocycles. The van der Waals surface area contributed by atoms with Gasteiger partial charge in [-0.1, -0.05) is 18.2 Å². The number of benzene rings is 1. The average molecular weight is 297 g/mol. The summed E-state index contributed by atoms with van der Waals surface area (Å²) in [7, 11) is 1.47. The Balaban J connectivity index is 2.01. The van der Waals surface area contributed by atoms with Crippen molar-refractivity contribution in [1.29, 1.82) is 0 Å². The molecule has 1 N–H and O–H groups in total. The Hall–Kier alpha value is -2.83. The molecule has 0 bridgehead atoms. The van der Waals surface area contributed by atoms with E-state index in [0.717, 1.165) is 29.8 Å². The van der Waals surface area contributed by atoms with E-state index in [-0.39, 0.29) is 5.56 Å². The Morgan fingerprint density at radius 2 is 1.91 bits per heavy atom. The molecule has 1 aliphatic rings. The number of nitrogens with one attached hydrogen (secondary N) is 1. The van der Waals surface area contributed by atoms with E-state index in [1.165, 1.54) is 7.05 Å². The van der Waals surface area contributed by atoms with Crippen LogP contribution in [0.3, 0.4) is 0 Å². The van der Waals surface area contributed by atoms with E-state index in [0.29, 0.717) is 17.1 Å². The first kappa shape index (κ1) is 12.9. The zero-order chi connectivity index (χ0) is 15.3. The van der Waals surface area contributed by atoms with Crippen LogP contribution in [-0.4, -0.2) is 25.6 Å². The Labute approximate surface area is 125 Å². The second kappa shape index (κ2) is 4.59. The summed E-state index contributed by atoms with van der Waals surface area (Å²) in [5.74, 6) is 0.700. The van der Waals surface area contributed by atoms with Crippen LogP contribution in [0.15, 0.2) is 39.9 Å². The third kappa shape index (κ3) is 1.71. The summed E-state index contributed by atoms with van der Waals surface area (Å²) in [6.45, 7) is 1.55. The third-order valence-corrected chi connectivity index (χ3v) is 4.06. The van der Waals surface area contributed by atoms with Crippen molar-refractivity contribution in [2.24, 2.45) is 7.05 Å². The Morgan fingerprint density at radius 1 is 1.14 bits per heavy atom. The topological polar surface area (TPSA) is 75.9 Å². The lowest BCUT2D eigenvalue weighted by atomic mass is 10.2. The van der Waals surface area contributed by atoms with Crippen molar-refractivity contribution >= 4 is 22.8 Å². The minimum Gasteiger partial charge on any atom is -0.312 e. The monoisotopic (exact) mass is 297 g/mol. The summed E-state index contributed by atoms with van der Waals surface area (Å²) in [5, 5.41) is 0. The lowest BCUT2D eigenvalue weighted by Crippen LogP contribution is -2.34. The van der Waals surface area contributed by atoms with Gasteiger partial charge in [-0.2, -0.15) is 4.98 Å². The number of anilines is 2. The van der Waals surface area contributed by atoms with Gasteiger partial charge in [0.05, 0.1) is 0 Å². The molecule has 7 heteroatoms. The average Bonchev–Trinajstić information content (AvgIpc) is 2.91. The molecule has 4 rings (SSSR count). The minimum atomic E-state index is -0.445. The van der Waals surface area contributed by atoms with Crippen LogP contribution in [0.5, 0.6) is 0 Å². The number of aryl methyl sites for hydroxylation is 1. The Bertz CT molecular complexity index is 967. The van der Waals surface area contributed by atoms with Crippen LogP contribution in [0, 0.1) is 0 Å². The maximum Gasteiger partial charge on any atom is 0.329 e. The van der Waals surface area contributed by atoms with E-state index in [4.69, 9.17) is 0 Å². The first-order chi connectivity index (χ1) is 10.7. The van der Waals surface area contributed by atoms with Crippen LogP contribution in [0.25, 0.3) is 11.2 Å². The number of imidazole rings is 1. The van der Waals surface area contributed by atoms with Crippen LogP contribution in [0.4, 0.5) is 11.6 Å². The third-order valence-electron chi connectivity index (χ3n) is 4.06. The highest BCUT2D eigenvalue weighted by Gasteiger charge is 2.25. The first-order valence-electron chi connectivity index (χ1n) is 7.19. The summed E-state index contributed by atoms with van der Waals surface area (Å²) in [6.07, 6.45) is 0.912. The van der Waals surface area contributed by atoms with Gasteiger partial charge in [0, 0.05) is 25.8 Å². The molecule has 1 aliphatic heterocycles. The minimum absolute atomic E-state index is 0.313. The van der Waals surface area contributed by atoms with Gasteiger partial charge >= 0.3 is 5.69 Å². The van der Waals surface area contributed by atoms with Crippen LogP contribution >= 0.6 is 0 Å². The largest absolute Gasteiger partial charge is 0.329 e. The van der Waals surface area contributed by atoms with Crippen LogP contribution in [0.1, 0.15) is 6.42 Å². The number of hydrogen-bond acceptors (Lipinski definition) is 4. The van der Waals surface area contributed by atoms with Crippen molar-refractivity contribution < 1.29 is 0 Å². The van der Waals surface area contributed by atoms with E-state index in [2.05, 4.69) is 14.9 Å². The number of nitrogens with zero attached hydrogens (tertiary/aromatic N) is 4. The summed E-state index contributed by atoms with van der Waals surface area (Å²) in [4.78, 5) is 33.4. The van der Waals surface area contributed by atoms with E-state index >= 15 is 0 Å². The van der Waals surface area contributed by atoms with E-state index in [1.807, 2.05) is 34.9 Å². The standard InChI is InChI=1S/C15H15N5O2/c1-18-13(21)11-12(17-15(18)22)16-14-19(8-5-9-20(11)14)10-6-3-2-4-7-10/h2-4,6-7H,5,8-9H2,1H3,(H,17,22). The summed E-state index contributed by atoms with van der Waals surface area (Å²) < 4.78 is 2.98. The molecule has 1 aromatic carbocycles. The fourth-order valence-corrected chi connectivity index (χ4v) is 2.94. The summed E-state index contributed by atoms with van der Waals surface area (Å²) >= 11 is 0. The summed E-state index contributed by atoms with van der Waals surface area (Å²) in [6, 6.07) is 9.92. The molecule has 0 saturated carbocycles. The van der Waals surface area contributed by atoms with Gasteiger partial charge in [-0.05, 0) is 18.6 Å². The second-order valence-electron chi connectivity index (χ2n) is 5.40. The lowest BCUT2D eigenvalue weighted by Gasteiger charge is -2.28. The van der Waals surface area contributed by atoms with Crippen molar-refractivity contribution in [3.05, 3.63) is 51.2 Å². The Kier molecular flexibility index (Phi) is 2.69. The number of H-pyrrole nitrogens is 1. The lowest BCUT2D eigenvalue weighted by molar-refractivity contribution is 0.601. The van der Waals surface area contributed by atoms with Crippen molar-refractivity contribution in [2.75, 3.05) is 11.4 Å². The van der Waals surface area contributed by atoms with Crippen LogP contribution < -0.4 is 16.1 Å². The number of rotatable bonds is 1. The second-order valence-corrected chi connectivity index (χ2v) is 5.40. The maximum atomic E-state index is 12.4. The molecule has 0 spiro atoms. The van der Waals surface area contributed by atoms with Gasteiger partial charge in [0.15, 0.2) is 11.2 Å². The molecule has 22 heavy (non-hydrogen) atoms. The van der Waals surface area contributed by atoms with Gasteiger partial charge in [0.1, 0.15) is 0 Å². The van der Waals surface area contributed by atoms with Crippen molar-refractivity contribution in [3.63, 3.8) is 0 Å². The quantitative estimate of drug-likeness (QED) is 0.726. The van der Waals surface area contributed by atoms with Gasteiger partial charge in [0.2, 0.25) is 5.95 Å². The molecule has 3 aromatic rings. The fourth-order valence-electron chi connectivity index (χ4n) is 2.94. The van der Waals surface area contributed by atoms with Crippen molar-refractivity contribution in [3.8, 4) is 0 Å². The molecule has 0 amide bonds. The highest BCUT2D eigenvalue weighted by molar-refractivity contribution is 5.76. The van der Waals surface area contributed by atoms with Crippen molar-refractivity contribution in [1.82, 2.24) is 19.1 Å². The van der Waals surface area contributed by atoms with Crippen molar-refractivity contribution in [2.45, 2.75) is 13.0 Å². The molecule has 0 aliphatic carbocycles. The zero-order valence-electron chi connectivity index (χ0n) is 12.1. The highest BCUT2D eigenvalue weighted by Crippen LogP contribution is 2.30. The number of aromatic amines is 1. The molecule has 0 unspecified atom stereocenters. The van der Waals surface area contributed by atoms with Crippen LogP contribution in [-0.2, 0) is 13.6 Å². The first-order valence-corrected chi connectivity index (χ1v) is 7.19.